The zero-order chi connectivity index (χ0) is 28.2. The fourth-order valence-electron chi connectivity index (χ4n) is 5.70. The first-order valence-corrected chi connectivity index (χ1v) is 18.9. The second-order valence-corrected chi connectivity index (χ2v) is 15.7. The Labute approximate surface area is 241 Å². The second kappa shape index (κ2) is 27.2. The van der Waals surface area contributed by atoms with Crippen molar-refractivity contribution in [1.29, 1.82) is 0 Å². The van der Waals surface area contributed by atoms with Crippen LogP contribution in [0.15, 0.2) is 0 Å². The van der Waals surface area contributed by atoms with Crippen LogP contribution in [0.3, 0.4) is 0 Å². The van der Waals surface area contributed by atoms with Crippen LogP contribution in [0.2, 0.25) is 6.04 Å². The van der Waals surface area contributed by atoms with Gasteiger partial charge in [-0.1, -0.05) is 129 Å². The maximum absolute atomic E-state index is 5.51. The van der Waals surface area contributed by atoms with Crippen LogP contribution < -0.4 is 0 Å². The lowest BCUT2D eigenvalue weighted by atomic mass is 10.0. The van der Waals surface area contributed by atoms with E-state index in [0.29, 0.717) is 0 Å². The first-order chi connectivity index (χ1) is 18.4. The molecule has 0 bridgehead atoms. The van der Waals surface area contributed by atoms with Crippen molar-refractivity contribution in [1.82, 2.24) is 0 Å². The minimum atomic E-state index is -2.35. The highest BCUT2D eigenvalue weighted by atomic mass is 28.4. The van der Waals surface area contributed by atoms with Crippen molar-refractivity contribution in [2.24, 2.45) is 0 Å². The van der Waals surface area contributed by atoms with Crippen LogP contribution in [-0.2, 0) is 13.3 Å². The molecule has 0 aromatic carbocycles. The molecule has 230 valence electrons. The van der Waals surface area contributed by atoms with Gasteiger partial charge in [-0.3, -0.25) is 0 Å². The Hall–Kier alpha value is 0.0569. The Morgan fingerprint density at radius 3 is 0.947 bits per heavy atom. The maximum atomic E-state index is 5.51. The van der Waals surface area contributed by atoms with E-state index in [2.05, 4.69) is 21.0 Å². The molecule has 0 aromatic heterocycles. The van der Waals surface area contributed by atoms with Crippen molar-refractivity contribution in [2.45, 2.75) is 167 Å². The molecule has 0 amide bonds. The van der Waals surface area contributed by atoms with Crippen LogP contribution >= 0.6 is 0 Å². The number of nitrogens with zero attached hydrogens (tertiary/aromatic N) is 1. The Kier molecular flexibility index (Phi) is 27.3. The molecule has 0 aromatic rings. The van der Waals surface area contributed by atoms with Crippen LogP contribution in [0, 0.1) is 0 Å². The summed E-state index contributed by atoms with van der Waals surface area (Å²) in [6, 6.07) is 0.933. The summed E-state index contributed by atoms with van der Waals surface area (Å²) in [6.07, 6.45) is 33.9. The third kappa shape index (κ3) is 23.9. The van der Waals surface area contributed by atoms with Crippen LogP contribution in [0.5, 0.6) is 0 Å². The lowest BCUT2D eigenvalue weighted by Gasteiger charge is -2.30. The average molecular weight is 559 g/mol. The minimum Gasteiger partial charge on any atom is -0.377 e. The van der Waals surface area contributed by atoms with Crippen molar-refractivity contribution >= 4 is 8.80 Å². The monoisotopic (exact) mass is 559 g/mol. The molecule has 0 fully saturated rings. The van der Waals surface area contributed by atoms with E-state index in [9.17, 15) is 0 Å². The summed E-state index contributed by atoms with van der Waals surface area (Å²) in [4.78, 5) is 0. The van der Waals surface area contributed by atoms with Gasteiger partial charge in [0.2, 0.25) is 0 Å². The van der Waals surface area contributed by atoms with Crippen LogP contribution in [-0.4, -0.2) is 61.8 Å². The molecule has 0 N–H and O–H groups in total. The fourth-order valence-corrected chi connectivity index (χ4v) is 7.49. The van der Waals surface area contributed by atoms with Crippen LogP contribution in [0.1, 0.15) is 161 Å². The third-order valence-corrected chi connectivity index (χ3v) is 11.4. The van der Waals surface area contributed by atoms with Crippen molar-refractivity contribution in [3.8, 4) is 0 Å². The summed E-state index contributed by atoms with van der Waals surface area (Å²) >= 11 is 0. The Bertz CT molecular complexity index is 463. The molecule has 38 heavy (non-hydrogen) atoms. The molecule has 0 radical (unpaired) electrons. The van der Waals surface area contributed by atoms with E-state index in [1.54, 1.807) is 21.3 Å². The molecule has 0 saturated heterocycles. The van der Waals surface area contributed by atoms with Gasteiger partial charge >= 0.3 is 8.80 Å². The van der Waals surface area contributed by atoms with E-state index in [1.165, 1.54) is 165 Å². The Morgan fingerprint density at radius 2 is 0.658 bits per heavy atom. The standard InChI is InChI=1S/C33H72NO3Si/c1-7-8-9-10-11-12-13-14-15-16-17-18-19-22-25-28-31-34(2,3)32-29-26-23-20-21-24-27-30-33-38(35-4,36-5)37-6/h7-33H2,1-6H3/q+1. The largest absolute Gasteiger partial charge is 0.500 e. The molecule has 4 nitrogen and oxygen atoms in total. The van der Waals surface area contributed by atoms with Gasteiger partial charge in [-0.05, 0) is 32.1 Å². The zero-order valence-corrected chi connectivity index (χ0v) is 28.3. The molecule has 0 aliphatic rings. The van der Waals surface area contributed by atoms with Crippen LogP contribution in [0.25, 0.3) is 0 Å². The lowest BCUT2D eigenvalue weighted by Crippen LogP contribution is -2.42. The molecular weight excluding hydrogens is 486 g/mol. The van der Waals surface area contributed by atoms with E-state index < -0.39 is 8.80 Å². The molecular formula is C33H72NO3Si+. The summed E-state index contributed by atoms with van der Waals surface area (Å²) in [7, 11) is 7.65. The van der Waals surface area contributed by atoms with Gasteiger partial charge in [-0.2, -0.15) is 0 Å². The lowest BCUT2D eigenvalue weighted by molar-refractivity contribution is -0.890. The summed E-state index contributed by atoms with van der Waals surface area (Å²) in [6.45, 7) is 5.00. The molecule has 0 atom stereocenters. The summed E-state index contributed by atoms with van der Waals surface area (Å²) in [5.74, 6) is 0. The quantitative estimate of drug-likeness (QED) is 0.0481. The van der Waals surface area contributed by atoms with Gasteiger partial charge in [0.15, 0.2) is 0 Å². The highest BCUT2D eigenvalue weighted by Crippen LogP contribution is 2.19. The zero-order valence-electron chi connectivity index (χ0n) is 27.3. The highest BCUT2D eigenvalue weighted by molar-refractivity contribution is 6.60. The summed E-state index contributed by atoms with van der Waals surface area (Å²) < 4.78 is 17.7. The number of quaternary nitrogens is 1. The summed E-state index contributed by atoms with van der Waals surface area (Å²) in [5, 5.41) is 0. The van der Waals surface area contributed by atoms with E-state index in [1.807, 2.05) is 0 Å². The third-order valence-electron chi connectivity index (χ3n) is 8.55. The number of unbranched alkanes of at least 4 members (excludes halogenated alkanes) is 22. The first kappa shape index (κ1) is 38.1. The molecule has 0 aliphatic heterocycles. The maximum Gasteiger partial charge on any atom is 0.500 e. The van der Waals surface area contributed by atoms with E-state index >= 15 is 0 Å². The predicted octanol–water partition coefficient (Wildman–Crippen LogP) is 10.3. The average Bonchev–Trinajstić information content (AvgIpc) is 2.92. The first-order valence-electron chi connectivity index (χ1n) is 16.9. The Morgan fingerprint density at radius 1 is 0.395 bits per heavy atom. The van der Waals surface area contributed by atoms with Gasteiger partial charge in [-0.15, -0.1) is 0 Å². The van der Waals surface area contributed by atoms with Gasteiger partial charge in [0.25, 0.3) is 0 Å². The topological polar surface area (TPSA) is 27.7 Å². The second-order valence-electron chi connectivity index (χ2n) is 12.6. The highest BCUT2D eigenvalue weighted by Gasteiger charge is 2.36. The van der Waals surface area contributed by atoms with Gasteiger partial charge < -0.3 is 17.8 Å². The van der Waals surface area contributed by atoms with E-state index in [4.69, 9.17) is 13.3 Å². The van der Waals surface area contributed by atoms with Gasteiger partial charge in [0.1, 0.15) is 0 Å². The van der Waals surface area contributed by atoms with Crippen molar-refractivity contribution in [3.05, 3.63) is 0 Å². The predicted molar refractivity (Wildman–Crippen MR) is 170 cm³/mol. The molecule has 0 heterocycles. The van der Waals surface area contributed by atoms with Crippen molar-refractivity contribution in [3.63, 3.8) is 0 Å². The Balaban J connectivity index is 3.41. The van der Waals surface area contributed by atoms with Gasteiger partial charge in [-0.25, -0.2) is 0 Å². The van der Waals surface area contributed by atoms with E-state index in [-0.39, 0.29) is 0 Å². The number of hydrogen-bond donors (Lipinski definition) is 0. The molecule has 0 saturated carbocycles. The smallest absolute Gasteiger partial charge is 0.377 e. The van der Waals surface area contributed by atoms with E-state index in [0.717, 1.165) is 12.5 Å². The van der Waals surface area contributed by atoms with Crippen LogP contribution in [0.4, 0.5) is 0 Å². The fraction of sp³-hybridized carbons (Fsp3) is 1.00. The number of rotatable bonds is 31. The molecule has 0 unspecified atom stereocenters. The summed E-state index contributed by atoms with van der Waals surface area (Å²) in [5.41, 5.74) is 0. The molecule has 0 spiro atoms. The van der Waals surface area contributed by atoms with Gasteiger partial charge in [0, 0.05) is 27.4 Å². The normalized spacial score (nSPS) is 12.5. The number of hydrogen-bond acceptors (Lipinski definition) is 3. The molecule has 0 rings (SSSR count). The van der Waals surface area contributed by atoms with Gasteiger partial charge in [0.05, 0.1) is 27.2 Å². The SMILES string of the molecule is CCCCCCCCCCCCCCCCCC[N+](C)(C)CCCCCCCCCC[Si](OC)(OC)OC. The van der Waals surface area contributed by atoms with Crippen molar-refractivity contribution in [2.75, 3.05) is 48.5 Å². The molecule has 5 heteroatoms. The molecule has 0 aliphatic carbocycles. The minimum absolute atomic E-state index is 0.933. The van der Waals surface area contributed by atoms with Crippen molar-refractivity contribution < 1.29 is 17.8 Å².